The Hall–Kier alpha value is -1.95. The molecule has 18 heavy (non-hydrogen) atoms. The van der Waals surface area contributed by atoms with Crippen molar-refractivity contribution in [1.29, 1.82) is 0 Å². The normalized spacial score (nSPS) is 10.4. The van der Waals surface area contributed by atoms with Crippen molar-refractivity contribution >= 4 is 17.2 Å². The third kappa shape index (κ3) is 2.19. The minimum absolute atomic E-state index is 0.284. The lowest BCUT2D eigenvalue weighted by molar-refractivity contribution is 0.471. The first-order valence-corrected chi connectivity index (χ1v) is 5.83. The van der Waals surface area contributed by atoms with Crippen molar-refractivity contribution in [3.8, 4) is 11.5 Å². The van der Waals surface area contributed by atoms with E-state index in [-0.39, 0.29) is 4.99 Å². The number of hydrogen-bond donors (Lipinski definition) is 1. The Bertz CT molecular complexity index is 606. The number of aromatic nitrogens is 3. The molecule has 0 aromatic carbocycles. The summed E-state index contributed by atoms with van der Waals surface area (Å²) in [5.41, 5.74) is 8.07. The molecule has 6 heteroatoms. The zero-order valence-electron chi connectivity index (χ0n) is 10.5. The van der Waals surface area contributed by atoms with Crippen LogP contribution in [0.2, 0.25) is 0 Å². The minimum Gasteiger partial charge on any atom is -0.451 e. The molecule has 94 valence electrons. The Kier molecular flexibility index (Phi) is 3.29. The summed E-state index contributed by atoms with van der Waals surface area (Å²) in [4.78, 5) is 4.31. The summed E-state index contributed by atoms with van der Waals surface area (Å²) in [6.45, 7) is 3.82. The molecule has 0 radical (unpaired) electrons. The largest absolute Gasteiger partial charge is 0.451 e. The predicted octanol–water partition coefficient (Wildman–Crippen LogP) is 1.86. The predicted molar refractivity (Wildman–Crippen MR) is 72.9 cm³/mol. The summed E-state index contributed by atoms with van der Waals surface area (Å²) in [5, 5.41) is 4.29. The molecule has 2 aromatic heterocycles. The van der Waals surface area contributed by atoms with Crippen LogP contribution in [-0.4, -0.2) is 19.8 Å². The molecule has 0 atom stereocenters. The number of nitrogens with two attached hydrogens (primary N) is 1. The highest BCUT2D eigenvalue weighted by Gasteiger charge is 2.14. The third-order valence-corrected chi connectivity index (χ3v) is 2.92. The number of aryl methyl sites for hydroxylation is 2. The zero-order valence-corrected chi connectivity index (χ0v) is 11.3. The van der Waals surface area contributed by atoms with Crippen LogP contribution in [-0.2, 0) is 7.05 Å². The molecule has 0 saturated carbocycles. The van der Waals surface area contributed by atoms with Crippen molar-refractivity contribution in [2.75, 3.05) is 0 Å². The van der Waals surface area contributed by atoms with E-state index in [0.717, 1.165) is 11.4 Å². The summed E-state index contributed by atoms with van der Waals surface area (Å²) in [7, 11) is 1.87. The summed E-state index contributed by atoms with van der Waals surface area (Å²) in [6, 6.07) is 1.73. The zero-order chi connectivity index (χ0) is 13.3. The van der Waals surface area contributed by atoms with Crippen LogP contribution >= 0.6 is 12.2 Å². The highest BCUT2D eigenvalue weighted by Crippen LogP contribution is 2.29. The second-order valence-electron chi connectivity index (χ2n) is 3.96. The molecule has 0 unspecified atom stereocenters. The molecule has 5 nitrogen and oxygen atoms in total. The number of ether oxygens (including phenoxy) is 1. The molecular formula is C12H14N4OS. The van der Waals surface area contributed by atoms with Gasteiger partial charge >= 0.3 is 0 Å². The van der Waals surface area contributed by atoms with Crippen LogP contribution in [0.4, 0.5) is 0 Å². The van der Waals surface area contributed by atoms with Gasteiger partial charge in [0.15, 0.2) is 11.5 Å². The van der Waals surface area contributed by atoms with E-state index in [4.69, 9.17) is 22.7 Å². The van der Waals surface area contributed by atoms with Crippen LogP contribution in [0.5, 0.6) is 11.5 Å². The van der Waals surface area contributed by atoms with E-state index < -0.39 is 0 Å². The van der Waals surface area contributed by atoms with Crippen LogP contribution in [0, 0.1) is 13.8 Å². The standard InChI is InChI=1S/C12H14N4OS/c1-7-11(8(2)16(3)15-7)17-10-6-14-5-4-9(10)12(13)18/h4-6H,1-3H3,(H2,13,18). The highest BCUT2D eigenvalue weighted by molar-refractivity contribution is 7.80. The Morgan fingerprint density at radius 2 is 2.17 bits per heavy atom. The van der Waals surface area contributed by atoms with Crippen LogP contribution < -0.4 is 10.5 Å². The van der Waals surface area contributed by atoms with Gasteiger partial charge in [0.1, 0.15) is 10.7 Å². The van der Waals surface area contributed by atoms with Gasteiger partial charge in [0.05, 0.1) is 17.5 Å². The fourth-order valence-electron chi connectivity index (χ4n) is 1.68. The van der Waals surface area contributed by atoms with Crippen molar-refractivity contribution in [1.82, 2.24) is 14.8 Å². The van der Waals surface area contributed by atoms with Gasteiger partial charge in [-0.2, -0.15) is 5.10 Å². The van der Waals surface area contributed by atoms with Gasteiger partial charge in [-0.05, 0) is 19.9 Å². The number of thiocarbonyl (C=S) groups is 1. The molecule has 0 amide bonds. The summed E-state index contributed by atoms with van der Waals surface area (Å²) >= 11 is 4.99. The van der Waals surface area contributed by atoms with Gasteiger partial charge in [-0.15, -0.1) is 0 Å². The number of pyridine rings is 1. The lowest BCUT2D eigenvalue weighted by Crippen LogP contribution is -2.11. The van der Waals surface area contributed by atoms with E-state index in [1.807, 2.05) is 20.9 Å². The van der Waals surface area contributed by atoms with Crippen LogP contribution in [0.25, 0.3) is 0 Å². The van der Waals surface area contributed by atoms with Gasteiger partial charge in [-0.25, -0.2) is 0 Å². The molecule has 0 aliphatic carbocycles. The Morgan fingerprint density at radius 1 is 1.44 bits per heavy atom. The van der Waals surface area contributed by atoms with Gasteiger partial charge in [-0.1, -0.05) is 12.2 Å². The fraction of sp³-hybridized carbons (Fsp3) is 0.250. The monoisotopic (exact) mass is 262 g/mol. The third-order valence-electron chi connectivity index (χ3n) is 2.70. The fourth-order valence-corrected chi connectivity index (χ4v) is 1.85. The lowest BCUT2D eigenvalue weighted by atomic mass is 10.2. The van der Waals surface area contributed by atoms with Crippen LogP contribution in [0.3, 0.4) is 0 Å². The van der Waals surface area contributed by atoms with E-state index in [0.29, 0.717) is 17.1 Å². The second-order valence-corrected chi connectivity index (χ2v) is 4.40. The van der Waals surface area contributed by atoms with Gasteiger partial charge in [0.2, 0.25) is 0 Å². The highest BCUT2D eigenvalue weighted by atomic mass is 32.1. The number of rotatable bonds is 3. The molecule has 0 aliphatic heterocycles. The smallest absolute Gasteiger partial charge is 0.171 e. The van der Waals surface area contributed by atoms with E-state index in [1.54, 1.807) is 23.1 Å². The molecule has 0 bridgehead atoms. The van der Waals surface area contributed by atoms with Gasteiger partial charge in [-0.3, -0.25) is 9.67 Å². The summed E-state index contributed by atoms with van der Waals surface area (Å²) < 4.78 is 7.61. The molecule has 2 heterocycles. The van der Waals surface area contributed by atoms with E-state index >= 15 is 0 Å². The van der Waals surface area contributed by atoms with Crippen molar-refractivity contribution < 1.29 is 4.74 Å². The molecule has 0 aliphatic rings. The van der Waals surface area contributed by atoms with Gasteiger partial charge < -0.3 is 10.5 Å². The molecule has 0 spiro atoms. The van der Waals surface area contributed by atoms with Gasteiger partial charge in [0, 0.05) is 13.2 Å². The van der Waals surface area contributed by atoms with Crippen molar-refractivity contribution in [2.45, 2.75) is 13.8 Å². The molecule has 0 fully saturated rings. The minimum atomic E-state index is 0.284. The number of nitrogens with zero attached hydrogens (tertiary/aromatic N) is 3. The van der Waals surface area contributed by atoms with Crippen LogP contribution in [0.1, 0.15) is 17.0 Å². The number of hydrogen-bond acceptors (Lipinski definition) is 4. The second kappa shape index (κ2) is 4.73. The summed E-state index contributed by atoms with van der Waals surface area (Å²) in [5.74, 6) is 1.26. The molecular weight excluding hydrogens is 248 g/mol. The Balaban J connectivity index is 2.43. The first kappa shape index (κ1) is 12.5. The van der Waals surface area contributed by atoms with Gasteiger partial charge in [0.25, 0.3) is 0 Å². The van der Waals surface area contributed by atoms with E-state index in [1.165, 1.54) is 0 Å². The Morgan fingerprint density at radius 3 is 2.72 bits per heavy atom. The quantitative estimate of drug-likeness (QED) is 0.855. The SMILES string of the molecule is Cc1nn(C)c(C)c1Oc1cnccc1C(N)=S. The first-order chi connectivity index (χ1) is 8.50. The first-order valence-electron chi connectivity index (χ1n) is 5.42. The molecule has 0 saturated heterocycles. The maximum Gasteiger partial charge on any atom is 0.171 e. The Labute approximate surface area is 111 Å². The maximum atomic E-state index is 5.84. The molecule has 2 rings (SSSR count). The van der Waals surface area contributed by atoms with Crippen LogP contribution in [0.15, 0.2) is 18.5 Å². The molecule has 2 N–H and O–H groups in total. The van der Waals surface area contributed by atoms with E-state index in [9.17, 15) is 0 Å². The van der Waals surface area contributed by atoms with Crippen molar-refractivity contribution in [3.63, 3.8) is 0 Å². The average molecular weight is 262 g/mol. The van der Waals surface area contributed by atoms with E-state index in [2.05, 4.69) is 10.1 Å². The summed E-state index contributed by atoms with van der Waals surface area (Å²) in [6.07, 6.45) is 3.23. The maximum absolute atomic E-state index is 5.84. The lowest BCUT2D eigenvalue weighted by Gasteiger charge is -2.09. The average Bonchev–Trinajstić information content (AvgIpc) is 2.56. The molecule has 2 aromatic rings. The van der Waals surface area contributed by atoms with Crippen molar-refractivity contribution in [3.05, 3.63) is 35.4 Å². The topological polar surface area (TPSA) is 66.0 Å². The van der Waals surface area contributed by atoms with Crippen molar-refractivity contribution in [2.24, 2.45) is 12.8 Å².